The van der Waals surface area contributed by atoms with Gasteiger partial charge in [-0.2, -0.15) is 0 Å². The van der Waals surface area contributed by atoms with Gasteiger partial charge >= 0.3 is 0 Å². The average molecular weight is 320 g/mol. The second-order valence-corrected chi connectivity index (χ2v) is 6.04. The van der Waals surface area contributed by atoms with Crippen LogP contribution in [0.5, 0.6) is 0 Å². The molecule has 0 bridgehead atoms. The Kier molecular flexibility index (Phi) is 3.92. The molecular formula is C13H16BrF2NO. The number of ether oxygens (including phenoxy) is 1. The molecule has 2 rings (SSSR count). The van der Waals surface area contributed by atoms with Crippen LogP contribution < -0.4 is 5.32 Å². The predicted octanol–water partition coefficient (Wildman–Crippen LogP) is 4.10. The third-order valence-electron chi connectivity index (χ3n) is 3.05. The van der Waals surface area contributed by atoms with Crippen LogP contribution in [0.3, 0.4) is 0 Å². The summed E-state index contributed by atoms with van der Waals surface area (Å²) < 4.78 is 32.7. The molecule has 18 heavy (non-hydrogen) atoms. The summed E-state index contributed by atoms with van der Waals surface area (Å²) in [5.41, 5.74) is 0.109. The van der Waals surface area contributed by atoms with Crippen molar-refractivity contribution in [1.29, 1.82) is 0 Å². The van der Waals surface area contributed by atoms with Gasteiger partial charge in [0.15, 0.2) is 0 Å². The summed E-state index contributed by atoms with van der Waals surface area (Å²) in [6.45, 7) is 4.67. The molecule has 1 aromatic carbocycles. The number of anilines is 1. The molecule has 1 unspecified atom stereocenters. The van der Waals surface area contributed by atoms with Crippen LogP contribution in [-0.4, -0.2) is 18.2 Å². The second kappa shape index (κ2) is 5.13. The van der Waals surface area contributed by atoms with Gasteiger partial charge < -0.3 is 10.1 Å². The molecule has 0 aromatic heterocycles. The maximum Gasteiger partial charge on any atom is 0.150 e. The van der Waals surface area contributed by atoms with E-state index in [1.165, 1.54) is 6.07 Å². The summed E-state index contributed by atoms with van der Waals surface area (Å²) in [7, 11) is 0. The van der Waals surface area contributed by atoms with Crippen molar-refractivity contribution < 1.29 is 13.5 Å². The molecule has 5 heteroatoms. The fourth-order valence-corrected chi connectivity index (χ4v) is 2.76. The van der Waals surface area contributed by atoms with Crippen molar-refractivity contribution in [2.24, 2.45) is 0 Å². The standard InChI is InChI=1S/C13H16BrF2NO/c1-13(2)7-9(3-4-18-13)17-12-10(14)5-8(15)6-11(12)16/h5-6,9,17H,3-4,7H2,1-2H3. The topological polar surface area (TPSA) is 21.3 Å². The lowest BCUT2D eigenvalue weighted by Gasteiger charge is -2.36. The normalized spacial score (nSPS) is 22.8. The van der Waals surface area contributed by atoms with Crippen LogP contribution in [0.15, 0.2) is 16.6 Å². The Bertz CT molecular complexity index is 428. The lowest BCUT2D eigenvalue weighted by atomic mass is 9.94. The summed E-state index contributed by atoms with van der Waals surface area (Å²) in [5, 5.41) is 3.13. The minimum absolute atomic E-state index is 0.130. The number of rotatable bonds is 2. The largest absolute Gasteiger partial charge is 0.379 e. The maximum absolute atomic E-state index is 13.7. The zero-order valence-electron chi connectivity index (χ0n) is 10.4. The molecule has 1 aliphatic heterocycles. The molecular weight excluding hydrogens is 304 g/mol. The molecule has 1 aromatic rings. The van der Waals surface area contributed by atoms with Gasteiger partial charge in [0.25, 0.3) is 0 Å². The Labute approximate surface area is 114 Å². The van der Waals surface area contributed by atoms with E-state index in [0.29, 0.717) is 16.8 Å². The van der Waals surface area contributed by atoms with Crippen LogP contribution in [-0.2, 0) is 4.74 Å². The molecule has 1 aliphatic rings. The first-order valence-corrected chi connectivity index (χ1v) is 6.72. The first-order chi connectivity index (χ1) is 8.37. The summed E-state index contributed by atoms with van der Waals surface area (Å²) in [6.07, 6.45) is 1.60. The second-order valence-electron chi connectivity index (χ2n) is 5.19. The van der Waals surface area contributed by atoms with Crippen LogP contribution >= 0.6 is 15.9 Å². The molecule has 1 N–H and O–H groups in total. The molecule has 0 amide bonds. The molecule has 1 fully saturated rings. The number of benzene rings is 1. The van der Waals surface area contributed by atoms with E-state index in [1.807, 2.05) is 13.8 Å². The third-order valence-corrected chi connectivity index (χ3v) is 3.68. The number of hydrogen-bond donors (Lipinski definition) is 1. The minimum Gasteiger partial charge on any atom is -0.379 e. The first-order valence-electron chi connectivity index (χ1n) is 5.92. The molecule has 0 radical (unpaired) electrons. The zero-order valence-corrected chi connectivity index (χ0v) is 12.0. The van der Waals surface area contributed by atoms with E-state index >= 15 is 0 Å². The average Bonchev–Trinajstić information content (AvgIpc) is 2.22. The van der Waals surface area contributed by atoms with Crippen LogP contribution in [0, 0.1) is 11.6 Å². The monoisotopic (exact) mass is 319 g/mol. The quantitative estimate of drug-likeness (QED) is 0.886. The van der Waals surface area contributed by atoms with Gasteiger partial charge in [0.2, 0.25) is 0 Å². The van der Waals surface area contributed by atoms with Crippen molar-refractivity contribution in [1.82, 2.24) is 0 Å². The molecule has 0 aliphatic carbocycles. The number of nitrogens with one attached hydrogen (secondary N) is 1. The van der Waals surface area contributed by atoms with Crippen molar-refractivity contribution in [3.8, 4) is 0 Å². The highest BCUT2D eigenvalue weighted by Crippen LogP contribution is 2.31. The van der Waals surface area contributed by atoms with Crippen molar-refractivity contribution in [2.75, 3.05) is 11.9 Å². The Morgan fingerprint density at radius 3 is 2.72 bits per heavy atom. The molecule has 0 spiro atoms. The van der Waals surface area contributed by atoms with Gasteiger partial charge in [-0.1, -0.05) is 0 Å². The highest BCUT2D eigenvalue weighted by molar-refractivity contribution is 9.10. The fourth-order valence-electron chi connectivity index (χ4n) is 2.24. The third kappa shape index (κ3) is 3.20. The summed E-state index contributed by atoms with van der Waals surface area (Å²) in [4.78, 5) is 0. The lowest BCUT2D eigenvalue weighted by Crippen LogP contribution is -2.40. The Morgan fingerprint density at radius 2 is 2.11 bits per heavy atom. The van der Waals surface area contributed by atoms with Crippen molar-refractivity contribution in [2.45, 2.75) is 38.3 Å². The first kappa shape index (κ1) is 13.7. The summed E-state index contributed by atoms with van der Waals surface area (Å²) in [5.74, 6) is -1.16. The number of halogens is 3. The highest BCUT2D eigenvalue weighted by atomic mass is 79.9. The van der Waals surface area contributed by atoms with Crippen molar-refractivity contribution >= 4 is 21.6 Å². The molecule has 100 valence electrons. The fraction of sp³-hybridized carbons (Fsp3) is 0.538. The SMILES string of the molecule is CC1(C)CC(Nc2c(F)cc(F)cc2Br)CCO1. The minimum atomic E-state index is -0.586. The zero-order chi connectivity index (χ0) is 13.3. The Morgan fingerprint density at radius 1 is 1.39 bits per heavy atom. The Balaban J connectivity index is 2.14. The lowest BCUT2D eigenvalue weighted by molar-refractivity contribution is -0.0553. The molecule has 1 heterocycles. The van der Waals surface area contributed by atoms with E-state index in [4.69, 9.17) is 4.74 Å². The van der Waals surface area contributed by atoms with E-state index in [1.54, 1.807) is 0 Å². The van der Waals surface area contributed by atoms with Gasteiger partial charge in [-0.15, -0.1) is 0 Å². The van der Waals surface area contributed by atoms with E-state index < -0.39 is 11.6 Å². The highest BCUT2D eigenvalue weighted by Gasteiger charge is 2.29. The van der Waals surface area contributed by atoms with Crippen LogP contribution in [0.4, 0.5) is 14.5 Å². The number of hydrogen-bond acceptors (Lipinski definition) is 2. The molecule has 1 atom stereocenters. The smallest absolute Gasteiger partial charge is 0.150 e. The van der Waals surface area contributed by atoms with Crippen LogP contribution in [0.25, 0.3) is 0 Å². The van der Waals surface area contributed by atoms with Crippen LogP contribution in [0.1, 0.15) is 26.7 Å². The summed E-state index contributed by atoms with van der Waals surface area (Å²) in [6, 6.07) is 2.28. The molecule has 1 saturated heterocycles. The maximum atomic E-state index is 13.7. The molecule has 0 saturated carbocycles. The summed E-state index contributed by atoms with van der Waals surface area (Å²) >= 11 is 3.18. The van der Waals surface area contributed by atoms with Gasteiger partial charge in [0.1, 0.15) is 11.6 Å². The van der Waals surface area contributed by atoms with Gasteiger partial charge in [-0.05, 0) is 48.7 Å². The van der Waals surface area contributed by atoms with E-state index in [0.717, 1.165) is 18.9 Å². The van der Waals surface area contributed by atoms with Gasteiger partial charge in [0, 0.05) is 23.2 Å². The van der Waals surface area contributed by atoms with E-state index in [9.17, 15) is 8.78 Å². The van der Waals surface area contributed by atoms with Crippen molar-refractivity contribution in [3.63, 3.8) is 0 Å². The van der Waals surface area contributed by atoms with Crippen molar-refractivity contribution in [3.05, 3.63) is 28.2 Å². The van der Waals surface area contributed by atoms with Gasteiger partial charge in [-0.25, -0.2) is 8.78 Å². The molecule has 2 nitrogen and oxygen atoms in total. The predicted molar refractivity (Wildman–Crippen MR) is 70.7 cm³/mol. The van der Waals surface area contributed by atoms with Gasteiger partial charge in [-0.3, -0.25) is 0 Å². The Hall–Kier alpha value is -0.680. The van der Waals surface area contributed by atoms with E-state index in [2.05, 4.69) is 21.2 Å². The van der Waals surface area contributed by atoms with E-state index in [-0.39, 0.29) is 11.6 Å². The van der Waals surface area contributed by atoms with Crippen LogP contribution in [0.2, 0.25) is 0 Å². The van der Waals surface area contributed by atoms with Gasteiger partial charge in [0.05, 0.1) is 11.3 Å².